The van der Waals surface area contributed by atoms with Crippen LogP contribution < -0.4 is 5.32 Å². The van der Waals surface area contributed by atoms with Gasteiger partial charge in [0.05, 0.1) is 5.51 Å². The standard InChI is InChI=1S/C13H14N2OS/c1-10-12(15-9-17-10)13(16)14-8-7-11-5-3-2-4-6-11/h2-6,9H,7-8H2,1H3,(H,14,16). The van der Waals surface area contributed by atoms with Crippen molar-refractivity contribution in [3.63, 3.8) is 0 Å². The molecule has 2 rings (SSSR count). The molecule has 0 bridgehead atoms. The van der Waals surface area contributed by atoms with Gasteiger partial charge in [-0.05, 0) is 18.9 Å². The Hall–Kier alpha value is -1.68. The monoisotopic (exact) mass is 246 g/mol. The number of rotatable bonds is 4. The first-order valence-corrected chi connectivity index (χ1v) is 6.37. The number of amides is 1. The molecule has 0 unspecified atom stereocenters. The van der Waals surface area contributed by atoms with Gasteiger partial charge in [0.2, 0.25) is 0 Å². The molecule has 88 valence electrons. The Bertz CT molecular complexity index is 493. The van der Waals surface area contributed by atoms with Crippen LogP contribution in [0.25, 0.3) is 0 Å². The summed E-state index contributed by atoms with van der Waals surface area (Å²) in [6.07, 6.45) is 0.843. The molecule has 1 heterocycles. The summed E-state index contributed by atoms with van der Waals surface area (Å²) in [6, 6.07) is 10.1. The minimum atomic E-state index is -0.0836. The first-order chi connectivity index (χ1) is 8.27. The molecule has 2 aromatic rings. The number of nitrogens with zero attached hydrogens (tertiary/aromatic N) is 1. The largest absolute Gasteiger partial charge is 0.350 e. The van der Waals surface area contributed by atoms with E-state index in [0.29, 0.717) is 12.2 Å². The van der Waals surface area contributed by atoms with Crippen LogP contribution in [0.1, 0.15) is 20.9 Å². The molecule has 0 aliphatic heterocycles. The Morgan fingerprint density at radius 3 is 2.76 bits per heavy atom. The van der Waals surface area contributed by atoms with Crippen LogP contribution in [0.3, 0.4) is 0 Å². The lowest BCUT2D eigenvalue weighted by Gasteiger charge is -2.04. The molecular formula is C13H14N2OS. The Labute approximate surface area is 105 Å². The van der Waals surface area contributed by atoms with Gasteiger partial charge in [0.1, 0.15) is 5.69 Å². The van der Waals surface area contributed by atoms with Crippen LogP contribution in [0.2, 0.25) is 0 Å². The van der Waals surface area contributed by atoms with Gasteiger partial charge >= 0.3 is 0 Å². The first-order valence-electron chi connectivity index (χ1n) is 5.49. The number of hydrogen-bond donors (Lipinski definition) is 1. The topological polar surface area (TPSA) is 42.0 Å². The third-order valence-electron chi connectivity index (χ3n) is 2.50. The van der Waals surface area contributed by atoms with Crippen LogP contribution in [0.15, 0.2) is 35.8 Å². The van der Waals surface area contributed by atoms with Crippen molar-refractivity contribution in [3.05, 3.63) is 52.0 Å². The second-order valence-corrected chi connectivity index (χ2v) is 4.81. The van der Waals surface area contributed by atoms with Gasteiger partial charge in [-0.1, -0.05) is 30.3 Å². The molecule has 1 aromatic carbocycles. The Morgan fingerprint density at radius 2 is 2.12 bits per heavy atom. The molecule has 4 heteroatoms. The van der Waals surface area contributed by atoms with E-state index in [1.54, 1.807) is 5.51 Å². The molecular weight excluding hydrogens is 232 g/mol. The van der Waals surface area contributed by atoms with Crippen molar-refractivity contribution in [1.82, 2.24) is 10.3 Å². The van der Waals surface area contributed by atoms with Gasteiger partial charge in [-0.15, -0.1) is 11.3 Å². The molecule has 0 radical (unpaired) electrons. The van der Waals surface area contributed by atoms with Crippen molar-refractivity contribution >= 4 is 17.2 Å². The Morgan fingerprint density at radius 1 is 1.35 bits per heavy atom. The highest BCUT2D eigenvalue weighted by Gasteiger charge is 2.10. The zero-order chi connectivity index (χ0) is 12.1. The predicted octanol–water partition coefficient (Wildman–Crippen LogP) is 2.42. The number of carbonyl (C=O) groups excluding carboxylic acids is 1. The van der Waals surface area contributed by atoms with Crippen molar-refractivity contribution in [1.29, 1.82) is 0 Å². The van der Waals surface area contributed by atoms with Gasteiger partial charge < -0.3 is 5.32 Å². The van der Waals surface area contributed by atoms with Crippen molar-refractivity contribution in [2.24, 2.45) is 0 Å². The van der Waals surface area contributed by atoms with Gasteiger partial charge in [0, 0.05) is 11.4 Å². The summed E-state index contributed by atoms with van der Waals surface area (Å²) in [6.45, 7) is 2.55. The van der Waals surface area contributed by atoms with E-state index in [4.69, 9.17) is 0 Å². The quantitative estimate of drug-likeness (QED) is 0.900. The van der Waals surface area contributed by atoms with Crippen LogP contribution in [0, 0.1) is 6.92 Å². The highest BCUT2D eigenvalue weighted by Crippen LogP contribution is 2.10. The van der Waals surface area contributed by atoms with Gasteiger partial charge in [-0.3, -0.25) is 4.79 Å². The number of thiazole rings is 1. The lowest BCUT2D eigenvalue weighted by Crippen LogP contribution is -2.26. The van der Waals surface area contributed by atoms with Crippen LogP contribution in [-0.4, -0.2) is 17.4 Å². The van der Waals surface area contributed by atoms with Gasteiger partial charge in [-0.25, -0.2) is 4.98 Å². The van der Waals surface area contributed by atoms with Crippen LogP contribution in [-0.2, 0) is 6.42 Å². The van der Waals surface area contributed by atoms with Crippen molar-refractivity contribution < 1.29 is 4.79 Å². The summed E-state index contributed by atoms with van der Waals surface area (Å²) in [5.41, 5.74) is 3.47. The summed E-state index contributed by atoms with van der Waals surface area (Å²) in [5.74, 6) is -0.0836. The number of carbonyl (C=O) groups is 1. The summed E-state index contributed by atoms with van der Waals surface area (Å²) >= 11 is 1.49. The fourth-order valence-electron chi connectivity index (χ4n) is 1.57. The van der Waals surface area contributed by atoms with E-state index >= 15 is 0 Å². The van der Waals surface area contributed by atoms with E-state index in [1.807, 2.05) is 25.1 Å². The lowest BCUT2D eigenvalue weighted by molar-refractivity contribution is 0.0949. The minimum Gasteiger partial charge on any atom is -0.350 e. The highest BCUT2D eigenvalue weighted by atomic mass is 32.1. The molecule has 1 aromatic heterocycles. The maximum Gasteiger partial charge on any atom is 0.271 e. The van der Waals surface area contributed by atoms with Crippen LogP contribution in [0.5, 0.6) is 0 Å². The lowest BCUT2D eigenvalue weighted by atomic mass is 10.1. The Kier molecular flexibility index (Phi) is 3.88. The summed E-state index contributed by atoms with van der Waals surface area (Å²) in [5, 5.41) is 2.88. The van der Waals surface area contributed by atoms with E-state index in [1.165, 1.54) is 16.9 Å². The maximum absolute atomic E-state index is 11.7. The number of hydrogen-bond acceptors (Lipinski definition) is 3. The van der Waals surface area contributed by atoms with E-state index in [0.717, 1.165) is 11.3 Å². The minimum absolute atomic E-state index is 0.0836. The second kappa shape index (κ2) is 5.59. The van der Waals surface area contributed by atoms with Crippen molar-refractivity contribution in [2.75, 3.05) is 6.54 Å². The average Bonchev–Trinajstić information content (AvgIpc) is 2.77. The van der Waals surface area contributed by atoms with Gasteiger partial charge in [0.15, 0.2) is 0 Å². The molecule has 17 heavy (non-hydrogen) atoms. The Balaban J connectivity index is 1.84. The summed E-state index contributed by atoms with van der Waals surface area (Å²) in [4.78, 5) is 16.8. The molecule has 0 atom stereocenters. The number of benzene rings is 1. The maximum atomic E-state index is 11.7. The van der Waals surface area contributed by atoms with Crippen LogP contribution in [0.4, 0.5) is 0 Å². The van der Waals surface area contributed by atoms with E-state index < -0.39 is 0 Å². The van der Waals surface area contributed by atoms with Crippen LogP contribution >= 0.6 is 11.3 Å². The smallest absolute Gasteiger partial charge is 0.271 e. The predicted molar refractivity (Wildman–Crippen MR) is 69.3 cm³/mol. The average molecular weight is 246 g/mol. The molecule has 1 N–H and O–H groups in total. The van der Waals surface area contributed by atoms with Crippen molar-refractivity contribution in [3.8, 4) is 0 Å². The molecule has 0 spiro atoms. The SMILES string of the molecule is Cc1scnc1C(=O)NCCc1ccccc1. The number of aromatic nitrogens is 1. The van der Waals surface area contributed by atoms with Gasteiger partial charge in [0.25, 0.3) is 5.91 Å². The normalized spacial score (nSPS) is 10.2. The zero-order valence-corrected chi connectivity index (χ0v) is 10.5. The molecule has 0 aliphatic carbocycles. The summed E-state index contributed by atoms with van der Waals surface area (Å²) < 4.78 is 0. The third kappa shape index (κ3) is 3.14. The fourth-order valence-corrected chi connectivity index (χ4v) is 2.15. The summed E-state index contributed by atoms with van der Waals surface area (Å²) in [7, 11) is 0. The first kappa shape index (κ1) is 11.8. The molecule has 3 nitrogen and oxygen atoms in total. The molecule has 0 aliphatic rings. The third-order valence-corrected chi connectivity index (χ3v) is 3.26. The zero-order valence-electron chi connectivity index (χ0n) is 9.64. The fraction of sp³-hybridized carbons (Fsp3) is 0.231. The molecule has 0 saturated heterocycles. The van der Waals surface area contributed by atoms with E-state index in [-0.39, 0.29) is 5.91 Å². The molecule has 1 amide bonds. The van der Waals surface area contributed by atoms with Crippen molar-refractivity contribution in [2.45, 2.75) is 13.3 Å². The second-order valence-electron chi connectivity index (χ2n) is 3.75. The van der Waals surface area contributed by atoms with E-state index in [9.17, 15) is 4.79 Å². The van der Waals surface area contributed by atoms with Gasteiger partial charge in [-0.2, -0.15) is 0 Å². The number of nitrogens with one attached hydrogen (secondary N) is 1. The molecule has 0 fully saturated rings. The van der Waals surface area contributed by atoms with E-state index in [2.05, 4.69) is 22.4 Å². The number of aryl methyl sites for hydroxylation is 1. The molecule has 0 saturated carbocycles. The highest BCUT2D eigenvalue weighted by molar-refractivity contribution is 7.09.